The Bertz CT molecular complexity index is 1270. The molecule has 0 heterocycles. The average molecular weight is 886 g/mol. The molecular formula is C53H92NO7P. The summed E-state index contributed by atoms with van der Waals surface area (Å²) < 4.78 is 33.5. The van der Waals surface area contributed by atoms with Crippen molar-refractivity contribution >= 4 is 13.8 Å². The molecule has 0 bridgehead atoms. The third-order valence-corrected chi connectivity index (χ3v) is 11.0. The lowest BCUT2D eigenvalue weighted by Gasteiger charge is -2.20. The quantitative estimate of drug-likeness (QED) is 0.0269. The molecule has 62 heavy (non-hydrogen) atoms. The number of ether oxygens (including phenoxy) is 2. The van der Waals surface area contributed by atoms with Gasteiger partial charge in [0, 0.05) is 19.6 Å². The second-order valence-electron chi connectivity index (χ2n) is 15.9. The van der Waals surface area contributed by atoms with Crippen molar-refractivity contribution in [2.24, 2.45) is 5.73 Å². The van der Waals surface area contributed by atoms with Gasteiger partial charge in [0.1, 0.15) is 6.10 Å². The molecule has 356 valence electrons. The van der Waals surface area contributed by atoms with E-state index in [2.05, 4.69) is 111 Å². The van der Waals surface area contributed by atoms with Crippen LogP contribution >= 0.6 is 7.82 Å². The van der Waals surface area contributed by atoms with Crippen LogP contribution < -0.4 is 5.73 Å². The molecule has 8 nitrogen and oxygen atoms in total. The number of esters is 1. The van der Waals surface area contributed by atoms with E-state index in [1.54, 1.807) is 0 Å². The summed E-state index contributed by atoms with van der Waals surface area (Å²) in [5, 5.41) is 0. The van der Waals surface area contributed by atoms with Crippen LogP contribution in [0, 0.1) is 0 Å². The Morgan fingerprint density at radius 3 is 1.35 bits per heavy atom. The third-order valence-electron chi connectivity index (χ3n) is 9.99. The summed E-state index contributed by atoms with van der Waals surface area (Å²) in [7, 11) is -4.30. The molecule has 2 atom stereocenters. The Morgan fingerprint density at radius 1 is 0.500 bits per heavy atom. The maximum Gasteiger partial charge on any atom is 0.472 e. The number of carbonyl (C=O) groups excluding carboxylic acids is 1. The van der Waals surface area contributed by atoms with E-state index < -0.39 is 13.9 Å². The fraction of sp³-hybridized carbons (Fsp3) is 0.679. The molecule has 0 aromatic carbocycles. The molecule has 2 unspecified atom stereocenters. The number of allylic oxidation sites excluding steroid dienone is 16. The van der Waals surface area contributed by atoms with Crippen LogP contribution in [0.3, 0.4) is 0 Å². The molecule has 0 saturated heterocycles. The highest BCUT2D eigenvalue weighted by atomic mass is 31.2. The number of carbonyl (C=O) groups is 1. The Morgan fingerprint density at radius 2 is 0.903 bits per heavy atom. The van der Waals surface area contributed by atoms with Crippen molar-refractivity contribution < 1.29 is 32.8 Å². The van der Waals surface area contributed by atoms with Gasteiger partial charge in [-0.15, -0.1) is 0 Å². The topological polar surface area (TPSA) is 117 Å². The minimum atomic E-state index is -4.30. The molecule has 0 aliphatic carbocycles. The van der Waals surface area contributed by atoms with Gasteiger partial charge >= 0.3 is 13.8 Å². The van der Waals surface area contributed by atoms with Crippen LogP contribution in [0.2, 0.25) is 0 Å². The SMILES string of the molecule is CC/C=C\C/C=C\C/C=C\C/C=C\C/C=C\CCCCCCCCOCC(COP(=O)(O)OCCN)OC(=O)CCCCCCCC/C=C\C/C=C\C/C=C\CCCCCCC. The molecule has 0 aromatic heterocycles. The lowest BCUT2D eigenvalue weighted by molar-refractivity contribution is -0.154. The first-order valence-corrected chi connectivity index (χ1v) is 26.2. The standard InChI is InChI=1S/C53H92NO7P/c1-3-5-7-9-11-13-15-17-19-21-23-25-27-29-31-33-35-37-39-41-43-45-48-58-50-52(51-60-62(56,57)59-49-47-54)61-53(55)46-44-42-40-38-36-34-32-30-28-26-24-22-20-18-16-14-12-10-8-6-4-2/h5,7,11,13,16-19,22-25,28-31,52H,3-4,6,8-10,12,14-15,20-21,26-27,32-51,54H2,1-2H3,(H,56,57)/b7-5-,13-11-,18-16-,19-17-,24-22-,25-23-,30-28-,31-29-. The molecular weight excluding hydrogens is 794 g/mol. The van der Waals surface area contributed by atoms with Crippen LogP contribution in [0.1, 0.15) is 194 Å². The number of rotatable bonds is 46. The molecule has 0 saturated carbocycles. The average Bonchev–Trinajstić information content (AvgIpc) is 3.26. The molecule has 0 aromatic rings. The second kappa shape index (κ2) is 49.4. The minimum Gasteiger partial charge on any atom is -0.457 e. The maximum absolute atomic E-state index is 12.6. The van der Waals surface area contributed by atoms with Crippen LogP contribution in [-0.4, -0.2) is 49.9 Å². The van der Waals surface area contributed by atoms with Crippen LogP contribution in [0.4, 0.5) is 0 Å². The first kappa shape index (κ1) is 59.4. The van der Waals surface area contributed by atoms with Gasteiger partial charge in [-0.05, 0) is 96.3 Å². The van der Waals surface area contributed by atoms with E-state index in [9.17, 15) is 14.3 Å². The first-order chi connectivity index (χ1) is 30.4. The lowest BCUT2D eigenvalue weighted by Crippen LogP contribution is -2.28. The maximum atomic E-state index is 12.6. The van der Waals surface area contributed by atoms with Crippen LogP contribution in [0.5, 0.6) is 0 Å². The van der Waals surface area contributed by atoms with Gasteiger partial charge in [0.05, 0.1) is 19.8 Å². The van der Waals surface area contributed by atoms with Gasteiger partial charge in [0.25, 0.3) is 0 Å². The highest BCUT2D eigenvalue weighted by Gasteiger charge is 2.25. The molecule has 0 rings (SSSR count). The highest BCUT2D eigenvalue weighted by molar-refractivity contribution is 7.47. The van der Waals surface area contributed by atoms with E-state index in [4.69, 9.17) is 24.3 Å². The molecule has 0 amide bonds. The number of hydrogen-bond donors (Lipinski definition) is 2. The zero-order chi connectivity index (χ0) is 45.1. The summed E-state index contributed by atoms with van der Waals surface area (Å²) >= 11 is 0. The summed E-state index contributed by atoms with van der Waals surface area (Å²) in [5.41, 5.74) is 5.38. The molecule has 0 aliphatic rings. The van der Waals surface area contributed by atoms with Gasteiger partial charge < -0.3 is 20.1 Å². The molecule has 0 radical (unpaired) electrons. The summed E-state index contributed by atoms with van der Waals surface area (Å²) in [4.78, 5) is 22.6. The molecule has 9 heteroatoms. The summed E-state index contributed by atoms with van der Waals surface area (Å²) in [6.45, 7) is 4.73. The number of hydrogen-bond acceptors (Lipinski definition) is 7. The monoisotopic (exact) mass is 886 g/mol. The fourth-order valence-electron chi connectivity index (χ4n) is 6.38. The number of unbranched alkanes of at least 4 members (excludes halogenated alkanes) is 17. The van der Waals surface area contributed by atoms with E-state index in [0.29, 0.717) is 13.0 Å². The van der Waals surface area contributed by atoms with Gasteiger partial charge in [0.2, 0.25) is 0 Å². The fourth-order valence-corrected chi connectivity index (χ4v) is 7.15. The highest BCUT2D eigenvalue weighted by Crippen LogP contribution is 2.43. The van der Waals surface area contributed by atoms with Gasteiger partial charge in [-0.2, -0.15) is 0 Å². The van der Waals surface area contributed by atoms with Crippen molar-refractivity contribution in [1.29, 1.82) is 0 Å². The zero-order valence-electron chi connectivity index (χ0n) is 39.6. The Kier molecular flexibility index (Phi) is 47.4. The largest absolute Gasteiger partial charge is 0.472 e. The van der Waals surface area contributed by atoms with E-state index in [-0.39, 0.29) is 32.3 Å². The van der Waals surface area contributed by atoms with Crippen molar-refractivity contribution in [2.75, 3.05) is 33.0 Å². The van der Waals surface area contributed by atoms with E-state index >= 15 is 0 Å². The predicted octanol–water partition coefficient (Wildman–Crippen LogP) is 15.4. The molecule has 0 spiro atoms. The van der Waals surface area contributed by atoms with Crippen molar-refractivity contribution in [2.45, 2.75) is 200 Å². The van der Waals surface area contributed by atoms with Crippen molar-refractivity contribution in [1.82, 2.24) is 0 Å². The Balaban J connectivity index is 4.07. The van der Waals surface area contributed by atoms with Crippen LogP contribution in [-0.2, 0) is 27.9 Å². The normalized spacial score (nSPS) is 14.2. The van der Waals surface area contributed by atoms with Crippen molar-refractivity contribution in [3.63, 3.8) is 0 Å². The van der Waals surface area contributed by atoms with Gasteiger partial charge in [-0.25, -0.2) is 4.57 Å². The number of phosphoric ester groups is 1. The zero-order valence-corrected chi connectivity index (χ0v) is 40.5. The summed E-state index contributed by atoms with van der Waals surface area (Å²) in [6, 6.07) is 0. The van der Waals surface area contributed by atoms with Gasteiger partial charge in [-0.1, -0.05) is 188 Å². The van der Waals surface area contributed by atoms with Crippen molar-refractivity contribution in [3.8, 4) is 0 Å². The van der Waals surface area contributed by atoms with E-state index in [1.165, 1.54) is 70.6 Å². The minimum absolute atomic E-state index is 0.0897. The molecule has 0 aliphatic heterocycles. The molecule has 3 N–H and O–H groups in total. The van der Waals surface area contributed by atoms with E-state index in [1.807, 2.05) is 0 Å². The predicted molar refractivity (Wildman–Crippen MR) is 265 cm³/mol. The van der Waals surface area contributed by atoms with E-state index in [0.717, 1.165) is 103 Å². The van der Waals surface area contributed by atoms with Crippen molar-refractivity contribution in [3.05, 3.63) is 97.2 Å². The third kappa shape index (κ3) is 48.5. The smallest absolute Gasteiger partial charge is 0.457 e. The second-order valence-corrected chi connectivity index (χ2v) is 17.4. The van der Waals surface area contributed by atoms with Crippen LogP contribution in [0.15, 0.2) is 97.2 Å². The molecule has 0 fully saturated rings. The Labute approximate surface area is 380 Å². The number of phosphoric acid groups is 1. The van der Waals surface area contributed by atoms with Crippen LogP contribution in [0.25, 0.3) is 0 Å². The first-order valence-electron chi connectivity index (χ1n) is 24.7. The number of nitrogens with two attached hydrogens (primary N) is 1. The van der Waals surface area contributed by atoms with Gasteiger partial charge in [-0.3, -0.25) is 13.8 Å². The van der Waals surface area contributed by atoms with Gasteiger partial charge in [0.15, 0.2) is 0 Å². The Hall–Kier alpha value is -2.58. The lowest BCUT2D eigenvalue weighted by atomic mass is 10.1. The summed E-state index contributed by atoms with van der Waals surface area (Å²) in [5.74, 6) is -0.351. The summed E-state index contributed by atoms with van der Waals surface area (Å²) in [6.07, 6.45) is 65.7.